The van der Waals surface area contributed by atoms with Gasteiger partial charge in [0, 0.05) is 5.56 Å². The summed E-state index contributed by atoms with van der Waals surface area (Å²) in [6, 6.07) is 7.35. The van der Waals surface area contributed by atoms with Gasteiger partial charge < -0.3 is 14.8 Å². The maximum atomic E-state index is 11.9. The van der Waals surface area contributed by atoms with Gasteiger partial charge in [-0.3, -0.25) is 4.79 Å². The van der Waals surface area contributed by atoms with Crippen molar-refractivity contribution in [1.29, 1.82) is 0 Å². The standard InChI is InChI=1S/C11H10ClNO3/c12-5-7-6-15-11(16-7)8-3-1-2-4-9(8)13-10(11)14/h1-4,7H,5-6H2,(H,13,14)/t7-,11-/m0/s1. The van der Waals surface area contributed by atoms with Crippen LogP contribution in [0.25, 0.3) is 0 Å². The molecule has 2 aliphatic rings. The zero-order valence-electron chi connectivity index (χ0n) is 8.40. The first-order valence-electron chi connectivity index (χ1n) is 5.05. The smallest absolute Gasteiger partial charge is 0.289 e. The molecule has 0 unspecified atom stereocenters. The fraction of sp³-hybridized carbons (Fsp3) is 0.364. The molecular weight excluding hydrogens is 230 g/mol. The number of rotatable bonds is 1. The van der Waals surface area contributed by atoms with Crippen LogP contribution in [0.5, 0.6) is 0 Å². The minimum absolute atomic E-state index is 0.237. The Morgan fingerprint density at radius 1 is 1.50 bits per heavy atom. The van der Waals surface area contributed by atoms with Crippen LogP contribution in [0.4, 0.5) is 5.69 Å². The zero-order chi connectivity index (χ0) is 11.2. The van der Waals surface area contributed by atoms with E-state index >= 15 is 0 Å². The first-order chi connectivity index (χ1) is 7.76. The van der Waals surface area contributed by atoms with E-state index in [1.165, 1.54) is 0 Å². The molecular formula is C11H10ClNO3. The highest BCUT2D eigenvalue weighted by Crippen LogP contribution is 2.43. The quantitative estimate of drug-likeness (QED) is 0.755. The van der Waals surface area contributed by atoms with Gasteiger partial charge in [0.2, 0.25) is 0 Å². The lowest BCUT2D eigenvalue weighted by Crippen LogP contribution is -2.36. The van der Waals surface area contributed by atoms with Gasteiger partial charge in [0.15, 0.2) is 0 Å². The SMILES string of the molecule is O=C1Nc2ccccc2[C@@]12OC[C@H](CCl)O2. The monoisotopic (exact) mass is 239 g/mol. The average molecular weight is 240 g/mol. The number of fused-ring (bicyclic) bond motifs is 2. The number of alkyl halides is 1. The summed E-state index contributed by atoms with van der Waals surface area (Å²) in [5.74, 6) is -1.24. The van der Waals surface area contributed by atoms with E-state index in [2.05, 4.69) is 5.32 Å². The van der Waals surface area contributed by atoms with E-state index in [0.29, 0.717) is 12.5 Å². The largest absolute Gasteiger partial charge is 0.336 e. The number of benzene rings is 1. The highest BCUT2D eigenvalue weighted by molar-refractivity contribution is 6.18. The first kappa shape index (κ1) is 10.1. The van der Waals surface area contributed by atoms with E-state index in [0.717, 1.165) is 11.3 Å². The summed E-state index contributed by atoms with van der Waals surface area (Å²) in [6.45, 7) is 0.339. The predicted octanol–water partition coefficient (Wildman–Crippen LogP) is 1.45. The van der Waals surface area contributed by atoms with E-state index < -0.39 is 5.79 Å². The number of halogens is 1. The molecule has 0 aromatic heterocycles. The summed E-state index contributed by atoms with van der Waals surface area (Å²) in [4.78, 5) is 11.9. The van der Waals surface area contributed by atoms with Crippen LogP contribution in [0, 0.1) is 0 Å². The molecule has 1 aromatic rings. The van der Waals surface area contributed by atoms with Crippen LogP contribution in [0.1, 0.15) is 5.56 Å². The summed E-state index contributed by atoms with van der Waals surface area (Å²) >= 11 is 5.71. The molecule has 16 heavy (non-hydrogen) atoms. The Labute approximate surface area is 97.5 Å². The van der Waals surface area contributed by atoms with Crippen molar-refractivity contribution in [2.45, 2.75) is 11.9 Å². The van der Waals surface area contributed by atoms with Crippen molar-refractivity contribution in [2.24, 2.45) is 0 Å². The van der Waals surface area contributed by atoms with Gasteiger partial charge in [-0.15, -0.1) is 11.6 Å². The number of amides is 1. The fourth-order valence-electron chi connectivity index (χ4n) is 2.06. The summed E-state index contributed by atoms with van der Waals surface area (Å²) in [7, 11) is 0. The molecule has 1 aromatic carbocycles. The lowest BCUT2D eigenvalue weighted by atomic mass is 10.1. The molecule has 0 saturated carbocycles. The zero-order valence-corrected chi connectivity index (χ0v) is 9.16. The first-order valence-corrected chi connectivity index (χ1v) is 5.58. The third-order valence-electron chi connectivity index (χ3n) is 2.81. The number of carbonyl (C=O) groups excluding carboxylic acids is 1. The van der Waals surface area contributed by atoms with E-state index in [9.17, 15) is 4.79 Å². The second kappa shape index (κ2) is 3.45. The van der Waals surface area contributed by atoms with Crippen LogP contribution in [-0.4, -0.2) is 24.5 Å². The number of ether oxygens (including phenoxy) is 2. The molecule has 2 atom stereocenters. The number of hydrogen-bond donors (Lipinski definition) is 1. The summed E-state index contributed by atoms with van der Waals surface area (Å²) in [6.07, 6.45) is -0.237. The minimum atomic E-state index is -1.28. The molecule has 0 radical (unpaired) electrons. The molecule has 0 bridgehead atoms. The average Bonchev–Trinajstić information content (AvgIpc) is 2.85. The number of carbonyl (C=O) groups is 1. The van der Waals surface area contributed by atoms with E-state index in [1.807, 2.05) is 24.3 Å². The van der Waals surface area contributed by atoms with Gasteiger partial charge in [-0.2, -0.15) is 0 Å². The van der Waals surface area contributed by atoms with Crippen molar-refractivity contribution in [2.75, 3.05) is 17.8 Å². The number of hydrogen-bond acceptors (Lipinski definition) is 3. The van der Waals surface area contributed by atoms with Gasteiger partial charge in [-0.1, -0.05) is 18.2 Å². The van der Waals surface area contributed by atoms with Crippen molar-refractivity contribution in [3.8, 4) is 0 Å². The molecule has 1 fully saturated rings. The lowest BCUT2D eigenvalue weighted by molar-refractivity contribution is -0.183. The summed E-state index contributed by atoms with van der Waals surface area (Å²) < 4.78 is 11.2. The molecule has 5 heteroatoms. The maximum absolute atomic E-state index is 11.9. The van der Waals surface area contributed by atoms with Crippen LogP contribution in [-0.2, 0) is 20.1 Å². The third kappa shape index (κ3) is 1.21. The van der Waals surface area contributed by atoms with Gasteiger partial charge in [-0.25, -0.2) is 0 Å². The van der Waals surface area contributed by atoms with Gasteiger partial charge in [0.05, 0.1) is 24.3 Å². The Hall–Kier alpha value is -1.10. The second-order valence-electron chi connectivity index (χ2n) is 3.82. The Morgan fingerprint density at radius 2 is 2.31 bits per heavy atom. The van der Waals surface area contributed by atoms with Crippen molar-refractivity contribution in [1.82, 2.24) is 0 Å². The minimum Gasteiger partial charge on any atom is -0.336 e. The van der Waals surface area contributed by atoms with Crippen LogP contribution in [0.15, 0.2) is 24.3 Å². The van der Waals surface area contributed by atoms with Crippen LogP contribution >= 0.6 is 11.6 Å². The summed E-state index contributed by atoms with van der Waals surface area (Å²) in [5, 5.41) is 2.74. The highest BCUT2D eigenvalue weighted by Gasteiger charge is 2.54. The maximum Gasteiger partial charge on any atom is 0.289 e. The van der Waals surface area contributed by atoms with E-state index in [-0.39, 0.29) is 12.0 Å². The van der Waals surface area contributed by atoms with Crippen molar-refractivity contribution in [3.63, 3.8) is 0 Å². The van der Waals surface area contributed by atoms with Gasteiger partial charge in [-0.05, 0) is 6.07 Å². The van der Waals surface area contributed by atoms with Gasteiger partial charge in [0.1, 0.15) is 0 Å². The fourth-order valence-corrected chi connectivity index (χ4v) is 2.21. The molecule has 0 aliphatic carbocycles. The topological polar surface area (TPSA) is 47.6 Å². The Bertz CT molecular complexity index is 451. The molecule has 1 saturated heterocycles. The number of para-hydroxylation sites is 1. The Balaban J connectivity index is 2.05. The molecule has 4 nitrogen and oxygen atoms in total. The van der Waals surface area contributed by atoms with E-state index in [1.54, 1.807) is 0 Å². The van der Waals surface area contributed by atoms with Crippen molar-refractivity contribution >= 4 is 23.2 Å². The van der Waals surface area contributed by atoms with Crippen molar-refractivity contribution in [3.05, 3.63) is 29.8 Å². The molecule has 2 heterocycles. The Morgan fingerprint density at radius 3 is 3.06 bits per heavy atom. The van der Waals surface area contributed by atoms with Gasteiger partial charge in [0.25, 0.3) is 11.7 Å². The normalized spacial score (nSPS) is 31.8. The Kier molecular flexibility index (Phi) is 2.17. The predicted molar refractivity (Wildman–Crippen MR) is 58.3 cm³/mol. The van der Waals surface area contributed by atoms with Crippen molar-refractivity contribution < 1.29 is 14.3 Å². The molecule has 2 aliphatic heterocycles. The number of anilines is 1. The van der Waals surface area contributed by atoms with Crippen LogP contribution in [0.2, 0.25) is 0 Å². The molecule has 1 spiro atoms. The second-order valence-corrected chi connectivity index (χ2v) is 4.13. The number of nitrogens with one attached hydrogen (secondary N) is 1. The summed E-state index contributed by atoms with van der Waals surface area (Å²) in [5.41, 5.74) is 1.47. The van der Waals surface area contributed by atoms with E-state index in [4.69, 9.17) is 21.1 Å². The lowest BCUT2D eigenvalue weighted by Gasteiger charge is -2.19. The molecule has 1 amide bonds. The molecule has 1 N–H and O–H groups in total. The van der Waals surface area contributed by atoms with Crippen LogP contribution in [0.3, 0.4) is 0 Å². The molecule has 3 rings (SSSR count). The van der Waals surface area contributed by atoms with Crippen LogP contribution < -0.4 is 5.32 Å². The highest BCUT2D eigenvalue weighted by atomic mass is 35.5. The van der Waals surface area contributed by atoms with Gasteiger partial charge >= 0.3 is 0 Å². The molecule has 84 valence electrons. The third-order valence-corrected chi connectivity index (χ3v) is 3.15.